The van der Waals surface area contributed by atoms with Crippen molar-refractivity contribution >= 4 is 39.3 Å². The number of carbonyl (C=O) groups excluding carboxylic acids is 1. The lowest BCUT2D eigenvalue weighted by atomic mass is 9.98. The first-order valence-corrected chi connectivity index (χ1v) is 10.7. The molecule has 1 aliphatic rings. The molecule has 1 aliphatic heterocycles. The largest absolute Gasteiger partial charge is 0.312 e. The topological polar surface area (TPSA) is 63.4 Å². The molecule has 0 saturated heterocycles. The van der Waals surface area contributed by atoms with Crippen molar-refractivity contribution < 1.29 is 9.18 Å². The van der Waals surface area contributed by atoms with Gasteiger partial charge in [-0.2, -0.15) is 5.10 Å². The van der Waals surface area contributed by atoms with E-state index < -0.39 is 0 Å². The van der Waals surface area contributed by atoms with Gasteiger partial charge in [-0.05, 0) is 35.4 Å². The van der Waals surface area contributed by atoms with Crippen molar-refractivity contribution in [2.75, 3.05) is 5.75 Å². The number of rotatable bonds is 5. The lowest BCUT2D eigenvalue weighted by molar-refractivity contribution is -0.130. The Hall–Kier alpha value is -2.52. The molecular formula is C20H17BrFN5OS. The molecule has 2 aromatic carbocycles. The average molecular weight is 474 g/mol. The summed E-state index contributed by atoms with van der Waals surface area (Å²) in [7, 11) is 1.83. The lowest BCUT2D eigenvalue weighted by Gasteiger charge is -2.21. The van der Waals surface area contributed by atoms with Gasteiger partial charge in [-0.1, -0.05) is 52.0 Å². The Morgan fingerprint density at radius 1 is 1.21 bits per heavy atom. The van der Waals surface area contributed by atoms with E-state index in [0.717, 1.165) is 21.3 Å². The van der Waals surface area contributed by atoms with Crippen molar-refractivity contribution in [3.8, 4) is 0 Å². The minimum absolute atomic E-state index is 0.139. The summed E-state index contributed by atoms with van der Waals surface area (Å²) in [5.74, 6) is -0.266. The summed E-state index contributed by atoms with van der Waals surface area (Å²) in [6, 6.07) is 13.8. The van der Waals surface area contributed by atoms with Crippen LogP contribution in [0, 0.1) is 5.82 Å². The number of benzene rings is 2. The summed E-state index contributed by atoms with van der Waals surface area (Å²) >= 11 is 4.74. The maximum atomic E-state index is 13.4. The molecule has 1 amide bonds. The molecule has 0 aliphatic carbocycles. The summed E-state index contributed by atoms with van der Waals surface area (Å²) in [5.41, 5.74) is 2.62. The van der Waals surface area contributed by atoms with Crippen LogP contribution in [0.4, 0.5) is 4.39 Å². The Balaban J connectivity index is 1.59. The zero-order valence-electron chi connectivity index (χ0n) is 15.5. The van der Waals surface area contributed by atoms with Gasteiger partial charge in [0.15, 0.2) is 5.16 Å². The monoisotopic (exact) mass is 473 g/mol. The van der Waals surface area contributed by atoms with E-state index in [4.69, 9.17) is 0 Å². The highest BCUT2D eigenvalue weighted by Gasteiger charge is 2.33. The number of aryl methyl sites for hydroxylation is 1. The van der Waals surface area contributed by atoms with Crippen molar-refractivity contribution in [1.82, 2.24) is 19.8 Å². The first kappa shape index (κ1) is 19.8. The molecule has 0 bridgehead atoms. The van der Waals surface area contributed by atoms with E-state index in [1.165, 1.54) is 28.9 Å². The van der Waals surface area contributed by atoms with Crippen LogP contribution in [0.1, 0.15) is 23.6 Å². The predicted molar refractivity (Wildman–Crippen MR) is 113 cm³/mol. The minimum Gasteiger partial charge on any atom is -0.312 e. The van der Waals surface area contributed by atoms with Gasteiger partial charge < -0.3 is 4.57 Å². The number of aromatic nitrogens is 3. The number of hydrogen-bond acceptors (Lipinski definition) is 5. The Labute approximate surface area is 179 Å². The SMILES string of the molecule is Cn1cnnc1SCC(=O)N1N=C(c2ccc(Br)cc2)C[C@@H]1c1ccc(F)cc1. The van der Waals surface area contributed by atoms with Crippen LogP contribution in [-0.4, -0.2) is 37.1 Å². The first-order valence-electron chi connectivity index (χ1n) is 8.89. The van der Waals surface area contributed by atoms with Gasteiger partial charge in [-0.3, -0.25) is 4.79 Å². The van der Waals surface area contributed by atoms with E-state index in [9.17, 15) is 9.18 Å². The van der Waals surface area contributed by atoms with Crippen LogP contribution in [0.2, 0.25) is 0 Å². The maximum Gasteiger partial charge on any atom is 0.253 e. The highest BCUT2D eigenvalue weighted by Crippen LogP contribution is 2.34. The Morgan fingerprint density at radius 3 is 2.59 bits per heavy atom. The summed E-state index contributed by atoms with van der Waals surface area (Å²) in [6.45, 7) is 0. The molecule has 0 unspecified atom stereocenters. The molecule has 0 saturated carbocycles. The van der Waals surface area contributed by atoms with Gasteiger partial charge in [0, 0.05) is 17.9 Å². The molecule has 6 nitrogen and oxygen atoms in total. The summed E-state index contributed by atoms with van der Waals surface area (Å²) in [6.07, 6.45) is 2.15. The van der Waals surface area contributed by atoms with Crippen LogP contribution < -0.4 is 0 Å². The van der Waals surface area contributed by atoms with Crippen molar-refractivity contribution in [3.63, 3.8) is 0 Å². The third-order valence-corrected chi connectivity index (χ3v) is 6.14. The van der Waals surface area contributed by atoms with Crippen LogP contribution in [0.5, 0.6) is 0 Å². The average Bonchev–Trinajstić information content (AvgIpc) is 3.34. The molecule has 2 heterocycles. The second-order valence-corrected chi connectivity index (χ2v) is 8.43. The number of hydrogen-bond donors (Lipinski definition) is 0. The van der Waals surface area contributed by atoms with E-state index >= 15 is 0 Å². The van der Waals surface area contributed by atoms with Crippen molar-refractivity contribution in [2.45, 2.75) is 17.6 Å². The Kier molecular flexibility index (Phi) is 5.77. The number of halogens is 2. The molecule has 29 heavy (non-hydrogen) atoms. The fourth-order valence-electron chi connectivity index (χ4n) is 3.10. The smallest absolute Gasteiger partial charge is 0.253 e. The third kappa shape index (κ3) is 4.40. The first-order chi connectivity index (χ1) is 14.0. The van der Waals surface area contributed by atoms with Gasteiger partial charge in [0.05, 0.1) is 17.5 Å². The van der Waals surface area contributed by atoms with Crippen molar-refractivity contribution in [1.29, 1.82) is 0 Å². The van der Waals surface area contributed by atoms with Gasteiger partial charge in [0.1, 0.15) is 12.1 Å². The highest BCUT2D eigenvalue weighted by molar-refractivity contribution is 9.10. The fraction of sp³-hybridized carbons (Fsp3) is 0.200. The summed E-state index contributed by atoms with van der Waals surface area (Å²) in [5, 5.41) is 14.6. The molecular weight excluding hydrogens is 457 g/mol. The van der Waals surface area contributed by atoms with Crippen LogP contribution in [0.15, 0.2) is 69.6 Å². The second kappa shape index (κ2) is 8.46. The number of amides is 1. The minimum atomic E-state index is -0.309. The fourth-order valence-corrected chi connectivity index (χ4v) is 4.10. The standard InChI is InChI=1S/C20H17BrFN5OS/c1-26-12-23-24-20(26)29-11-19(28)27-18(14-4-8-16(22)9-5-14)10-17(25-27)13-2-6-15(21)7-3-13/h2-9,12,18H,10-11H2,1H3/t18-/m1/s1. The van der Waals surface area contributed by atoms with Gasteiger partial charge in [-0.25, -0.2) is 9.40 Å². The molecule has 0 N–H and O–H groups in total. The van der Waals surface area contributed by atoms with Crippen LogP contribution in [-0.2, 0) is 11.8 Å². The van der Waals surface area contributed by atoms with Crippen LogP contribution >= 0.6 is 27.7 Å². The molecule has 0 spiro atoms. The summed E-state index contributed by atoms with van der Waals surface area (Å²) < 4.78 is 16.1. The van der Waals surface area contributed by atoms with E-state index in [2.05, 4.69) is 31.2 Å². The summed E-state index contributed by atoms with van der Waals surface area (Å²) in [4.78, 5) is 13.0. The molecule has 4 rings (SSSR count). The molecule has 3 aromatic rings. The quantitative estimate of drug-likeness (QED) is 0.521. The zero-order chi connectivity index (χ0) is 20.4. The van der Waals surface area contributed by atoms with E-state index in [1.54, 1.807) is 23.0 Å². The number of carbonyl (C=O) groups is 1. The van der Waals surface area contributed by atoms with E-state index in [1.807, 2.05) is 31.3 Å². The zero-order valence-corrected chi connectivity index (χ0v) is 17.9. The Bertz CT molecular complexity index is 1050. The molecule has 9 heteroatoms. The number of hydrazone groups is 1. The third-order valence-electron chi connectivity index (χ3n) is 4.59. The lowest BCUT2D eigenvalue weighted by Crippen LogP contribution is -2.28. The normalized spacial score (nSPS) is 16.2. The molecule has 0 fully saturated rings. The number of nitrogens with zero attached hydrogens (tertiary/aromatic N) is 5. The molecule has 148 valence electrons. The van der Waals surface area contributed by atoms with E-state index in [-0.39, 0.29) is 23.5 Å². The predicted octanol–water partition coefficient (Wildman–Crippen LogP) is 4.19. The molecule has 0 radical (unpaired) electrons. The Morgan fingerprint density at radius 2 is 1.93 bits per heavy atom. The van der Waals surface area contributed by atoms with Crippen molar-refractivity contribution in [3.05, 3.63) is 76.3 Å². The van der Waals surface area contributed by atoms with Gasteiger partial charge in [0.2, 0.25) is 0 Å². The van der Waals surface area contributed by atoms with Crippen molar-refractivity contribution in [2.24, 2.45) is 12.1 Å². The van der Waals surface area contributed by atoms with Gasteiger partial charge in [0.25, 0.3) is 5.91 Å². The van der Waals surface area contributed by atoms with Gasteiger partial charge >= 0.3 is 0 Å². The molecule has 1 aromatic heterocycles. The second-order valence-electron chi connectivity index (χ2n) is 6.58. The van der Waals surface area contributed by atoms with Crippen LogP contribution in [0.25, 0.3) is 0 Å². The van der Waals surface area contributed by atoms with Crippen LogP contribution in [0.3, 0.4) is 0 Å². The number of thioether (sulfide) groups is 1. The van der Waals surface area contributed by atoms with Gasteiger partial charge in [-0.15, -0.1) is 10.2 Å². The molecule has 1 atom stereocenters. The van der Waals surface area contributed by atoms with E-state index in [0.29, 0.717) is 11.6 Å². The maximum absolute atomic E-state index is 13.4. The highest BCUT2D eigenvalue weighted by atomic mass is 79.9.